The van der Waals surface area contributed by atoms with Crippen LogP contribution in [0.15, 0.2) is 59.9 Å². The second kappa shape index (κ2) is 8.37. The molecule has 1 atom stereocenters. The Morgan fingerprint density at radius 2 is 1.94 bits per heavy atom. The van der Waals surface area contributed by atoms with Crippen molar-refractivity contribution in [1.82, 2.24) is 14.1 Å². The number of hydrogen-bond acceptors (Lipinski definition) is 4. The van der Waals surface area contributed by atoms with Crippen LogP contribution in [0.1, 0.15) is 50.7 Å². The lowest BCUT2D eigenvalue weighted by Crippen LogP contribution is -2.27. The normalized spacial score (nSPS) is 12.0. The molecule has 0 radical (unpaired) electrons. The van der Waals surface area contributed by atoms with Crippen molar-refractivity contribution in [3.8, 4) is 11.8 Å². The first-order valence-electron chi connectivity index (χ1n) is 10.2. The van der Waals surface area contributed by atoms with Gasteiger partial charge in [-0.05, 0) is 63.1 Å². The van der Waals surface area contributed by atoms with Gasteiger partial charge in [-0.2, -0.15) is 5.26 Å². The van der Waals surface area contributed by atoms with Crippen LogP contribution < -0.4 is 5.56 Å². The average molecular weight is 429 g/mol. The smallest absolute Gasteiger partial charge is 0.254 e. The maximum Gasteiger partial charge on any atom is 0.254 e. The Morgan fingerprint density at radius 1 is 1.13 bits per heavy atom. The van der Waals surface area contributed by atoms with Crippen molar-refractivity contribution in [2.45, 2.75) is 40.2 Å². The lowest BCUT2D eigenvalue weighted by atomic mass is 10.0. The predicted molar refractivity (Wildman–Crippen MR) is 124 cm³/mol. The van der Waals surface area contributed by atoms with Gasteiger partial charge in [0.25, 0.3) is 5.56 Å². The molecule has 4 rings (SSSR count). The maximum absolute atomic E-state index is 13.3. The molecule has 6 heteroatoms. The van der Waals surface area contributed by atoms with Gasteiger partial charge in [0.1, 0.15) is 6.07 Å². The number of aryl methyl sites for hydroxylation is 3. The Hall–Kier alpha value is -3.43. The van der Waals surface area contributed by atoms with Crippen LogP contribution >= 0.6 is 11.3 Å². The highest BCUT2D eigenvalue weighted by Crippen LogP contribution is 2.25. The molecule has 0 unspecified atom stereocenters. The summed E-state index contributed by atoms with van der Waals surface area (Å²) in [5, 5.41) is 9.54. The fourth-order valence-corrected chi connectivity index (χ4v) is 4.77. The van der Waals surface area contributed by atoms with Crippen LogP contribution in [0.3, 0.4) is 0 Å². The number of rotatable bonds is 5. The minimum atomic E-state index is -0.119. The summed E-state index contributed by atoms with van der Waals surface area (Å²) in [4.78, 5) is 19.9. The molecule has 0 amide bonds. The summed E-state index contributed by atoms with van der Waals surface area (Å²) in [7, 11) is 0. The van der Waals surface area contributed by atoms with Crippen LogP contribution in [-0.2, 0) is 6.42 Å². The molecule has 0 N–H and O–H groups in total. The number of aromatic nitrogens is 3. The van der Waals surface area contributed by atoms with Gasteiger partial charge in [-0.15, -0.1) is 11.3 Å². The number of hydrogen-bond donors (Lipinski definition) is 0. The fourth-order valence-electron chi connectivity index (χ4n) is 3.84. The van der Waals surface area contributed by atoms with E-state index in [0.29, 0.717) is 17.5 Å². The lowest BCUT2D eigenvalue weighted by Gasteiger charge is -2.16. The summed E-state index contributed by atoms with van der Waals surface area (Å²) in [5.41, 5.74) is 5.25. The van der Waals surface area contributed by atoms with Crippen molar-refractivity contribution < 1.29 is 0 Å². The molecular formula is C25H24N4OS. The van der Waals surface area contributed by atoms with Crippen molar-refractivity contribution in [1.29, 1.82) is 5.26 Å². The van der Waals surface area contributed by atoms with E-state index in [9.17, 15) is 10.1 Å². The Morgan fingerprint density at radius 3 is 2.55 bits per heavy atom. The number of imidazole rings is 1. The van der Waals surface area contributed by atoms with Gasteiger partial charge in [-0.3, -0.25) is 4.79 Å². The third kappa shape index (κ3) is 4.23. The van der Waals surface area contributed by atoms with Gasteiger partial charge in [0.05, 0.1) is 23.6 Å². The van der Waals surface area contributed by atoms with Gasteiger partial charge < -0.3 is 9.13 Å². The minimum Gasteiger partial charge on any atom is -0.306 e. The lowest BCUT2D eigenvalue weighted by molar-refractivity contribution is 0.618. The van der Waals surface area contributed by atoms with Crippen LogP contribution in [0.5, 0.6) is 0 Å². The van der Waals surface area contributed by atoms with E-state index < -0.39 is 0 Å². The topological polar surface area (TPSA) is 63.6 Å². The molecule has 3 heterocycles. The molecule has 0 spiro atoms. The zero-order valence-electron chi connectivity index (χ0n) is 18.1. The van der Waals surface area contributed by atoms with Gasteiger partial charge >= 0.3 is 0 Å². The van der Waals surface area contributed by atoms with Crippen molar-refractivity contribution >= 4 is 11.3 Å². The molecule has 0 aliphatic carbocycles. The van der Waals surface area contributed by atoms with E-state index in [-0.39, 0.29) is 11.6 Å². The van der Waals surface area contributed by atoms with Crippen LogP contribution in [0, 0.1) is 32.1 Å². The van der Waals surface area contributed by atoms with Crippen LogP contribution in [0.4, 0.5) is 0 Å². The summed E-state index contributed by atoms with van der Waals surface area (Å²) in [6.45, 7) is 8.08. The highest BCUT2D eigenvalue weighted by Gasteiger charge is 2.16. The first kappa shape index (κ1) is 20.8. The average Bonchev–Trinajstić information content (AvgIpc) is 3.37. The third-order valence-corrected chi connectivity index (χ3v) is 6.65. The van der Waals surface area contributed by atoms with Crippen LogP contribution in [0.2, 0.25) is 0 Å². The van der Waals surface area contributed by atoms with E-state index >= 15 is 0 Å². The van der Waals surface area contributed by atoms with E-state index in [2.05, 4.69) is 49.2 Å². The predicted octanol–water partition coefficient (Wildman–Crippen LogP) is 5.09. The first-order chi connectivity index (χ1) is 14.9. The zero-order valence-corrected chi connectivity index (χ0v) is 18.9. The highest BCUT2D eigenvalue weighted by atomic mass is 32.1. The molecule has 156 valence electrons. The standard InChI is InChI=1S/C25H24N4OS/c1-16-9-20(6-7-23(16)28-13-17(2)27-15-28)10-22-11-21(12-26)14-29(25(22)30)19(4)24-8-5-18(3)31-24/h5-9,11,13-15,19H,10H2,1-4H3/t19-/m0/s1. The molecule has 5 nitrogen and oxygen atoms in total. The van der Waals surface area contributed by atoms with E-state index in [0.717, 1.165) is 27.4 Å². The van der Waals surface area contributed by atoms with Gasteiger partial charge in [0, 0.05) is 39.8 Å². The summed E-state index contributed by atoms with van der Waals surface area (Å²) in [6, 6.07) is 14.1. The van der Waals surface area contributed by atoms with Gasteiger partial charge in [0.15, 0.2) is 0 Å². The molecule has 0 saturated carbocycles. The summed E-state index contributed by atoms with van der Waals surface area (Å²) < 4.78 is 3.69. The van der Waals surface area contributed by atoms with E-state index in [1.165, 1.54) is 4.88 Å². The Bertz CT molecular complexity index is 1350. The number of benzene rings is 1. The van der Waals surface area contributed by atoms with Gasteiger partial charge in [-0.25, -0.2) is 4.98 Å². The van der Waals surface area contributed by atoms with Crippen LogP contribution in [-0.4, -0.2) is 14.1 Å². The molecule has 0 aliphatic heterocycles. The van der Waals surface area contributed by atoms with Crippen molar-refractivity contribution in [2.75, 3.05) is 0 Å². The molecule has 31 heavy (non-hydrogen) atoms. The fraction of sp³-hybridized carbons (Fsp3) is 0.240. The van der Waals surface area contributed by atoms with E-state index in [4.69, 9.17) is 0 Å². The highest BCUT2D eigenvalue weighted by molar-refractivity contribution is 7.12. The first-order valence-corrected chi connectivity index (χ1v) is 11.0. The number of nitriles is 1. The number of nitrogens with zero attached hydrogens (tertiary/aromatic N) is 4. The van der Waals surface area contributed by atoms with Crippen LogP contribution in [0.25, 0.3) is 5.69 Å². The Kier molecular flexibility index (Phi) is 5.62. The maximum atomic E-state index is 13.3. The molecule has 0 bridgehead atoms. The van der Waals surface area contributed by atoms with E-state index in [1.807, 2.05) is 30.7 Å². The van der Waals surface area contributed by atoms with Crippen molar-refractivity contribution in [3.05, 3.63) is 103 Å². The summed E-state index contributed by atoms with van der Waals surface area (Å²) in [5.74, 6) is 0. The van der Waals surface area contributed by atoms with E-state index in [1.54, 1.807) is 34.5 Å². The third-order valence-electron chi connectivity index (χ3n) is 5.48. The summed E-state index contributed by atoms with van der Waals surface area (Å²) >= 11 is 1.68. The Labute approximate surface area is 185 Å². The molecule has 1 aromatic carbocycles. The summed E-state index contributed by atoms with van der Waals surface area (Å²) in [6.07, 6.45) is 5.95. The quantitative estimate of drug-likeness (QED) is 0.445. The second-order valence-electron chi connectivity index (χ2n) is 7.92. The Balaban J connectivity index is 1.69. The molecule has 4 aromatic rings. The monoisotopic (exact) mass is 428 g/mol. The molecule has 3 aromatic heterocycles. The van der Waals surface area contributed by atoms with Crippen molar-refractivity contribution in [3.63, 3.8) is 0 Å². The molecule has 0 fully saturated rings. The SMILES string of the molecule is Cc1cn(-c2ccc(Cc3cc(C#N)cn([C@@H](C)c4ccc(C)s4)c3=O)cc2C)cn1. The molecule has 0 saturated heterocycles. The molecule has 0 aliphatic rings. The minimum absolute atomic E-state index is 0.0514. The van der Waals surface area contributed by atoms with Gasteiger partial charge in [0.2, 0.25) is 0 Å². The zero-order chi connectivity index (χ0) is 22.1. The van der Waals surface area contributed by atoms with Gasteiger partial charge in [-0.1, -0.05) is 12.1 Å². The molecular weight excluding hydrogens is 404 g/mol. The second-order valence-corrected chi connectivity index (χ2v) is 9.24. The number of pyridine rings is 1. The number of thiophene rings is 1. The van der Waals surface area contributed by atoms with Crippen molar-refractivity contribution in [2.24, 2.45) is 0 Å². The largest absolute Gasteiger partial charge is 0.306 e.